The van der Waals surface area contributed by atoms with Gasteiger partial charge in [-0.05, 0) is 63.0 Å². The largest absolute Gasteiger partial charge is 0.481 e. The van der Waals surface area contributed by atoms with E-state index >= 15 is 0 Å². The van der Waals surface area contributed by atoms with E-state index in [0.29, 0.717) is 38.2 Å². The van der Waals surface area contributed by atoms with Crippen molar-refractivity contribution in [2.75, 3.05) is 26.7 Å². The van der Waals surface area contributed by atoms with E-state index in [2.05, 4.69) is 11.9 Å². The first-order valence-corrected chi connectivity index (χ1v) is 10.9. The monoisotopic (exact) mass is 391 g/mol. The van der Waals surface area contributed by atoms with Gasteiger partial charge in [-0.15, -0.1) is 0 Å². The second-order valence-corrected chi connectivity index (χ2v) is 10.2. The van der Waals surface area contributed by atoms with Crippen LogP contribution in [0.5, 0.6) is 0 Å². The van der Waals surface area contributed by atoms with Gasteiger partial charge in [0.05, 0.1) is 18.6 Å². The molecule has 6 heteroatoms. The number of hydrogen-bond acceptors (Lipinski definition) is 5. The van der Waals surface area contributed by atoms with E-state index in [1.165, 1.54) is 5.57 Å². The van der Waals surface area contributed by atoms with Crippen molar-refractivity contribution in [1.82, 2.24) is 4.90 Å². The maximum absolute atomic E-state index is 12.2. The number of aliphatic carboxylic acids is 1. The van der Waals surface area contributed by atoms with E-state index < -0.39 is 23.8 Å². The van der Waals surface area contributed by atoms with Gasteiger partial charge in [0.25, 0.3) is 0 Å². The molecular formula is C22H33NO5. The van der Waals surface area contributed by atoms with Crippen LogP contribution in [0.3, 0.4) is 0 Å². The van der Waals surface area contributed by atoms with Gasteiger partial charge in [0.2, 0.25) is 0 Å². The molecule has 28 heavy (non-hydrogen) atoms. The minimum atomic E-state index is -1.05. The molecule has 3 fully saturated rings. The number of piperidine rings is 1. The normalized spacial score (nSPS) is 50.7. The number of aliphatic hydroxyl groups is 2. The molecule has 156 valence electrons. The second-order valence-electron chi connectivity index (χ2n) is 10.2. The van der Waals surface area contributed by atoms with Crippen LogP contribution in [0.1, 0.15) is 51.9 Å². The Kier molecular flexibility index (Phi) is 4.10. The number of carboxylic acid groups (broad SMARTS) is 1. The van der Waals surface area contributed by atoms with Crippen molar-refractivity contribution < 1.29 is 24.9 Å². The molecule has 7 atom stereocenters. The van der Waals surface area contributed by atoms with Crippen LogP contribution >= 0.6 is 0 Å². The highest BCUT2D eigenvalue weighted by atomic mass is 16.6. The summed E-state index contributed by atoms with van der Waals surface area (Å²) < 4.78 is 6.16. The van der Waals surface area contributed by atoms with Gasteiger partial charge in [0.1, 0.15) is 0 Å². The highest BCUT2D eigenvalue weighted by molar-refractivity contribution is 5.73. The molecular weight excluding hydrogens is 358 g/mol. The first-order valence-electron chi connectivity index (χ1n) is 10.9. The Bertz CT molecular complexity index is 724. The van der Waals surface area contributed by atoms with Gasteiger partial charge in [0, 0.05) is 30.3 Å². The molecule has 5 rings (SSSR count). The van der Waals surface area contributed by atoms with Gasteiger partial charge in [0.15, 0.2) is 5.79 Å². The summed E-state index contributed by atoms with van der Waals surface area (Å²) in [5, 5.41) is 31.6. The van der Waals surface area contributed by atoms with Crippen LogP contribution in [-0.4, -0.2) is 64.8 Å². The summed E-state index contributed by atoms with van der Waals surface area (Å²) in [5.74, 6) is -1.84. The highest BCUT2D eigenvalue weighted by Crippen LogP contribution is 2.71. The van der Waals surface area contributed by atoms with E-state index in [4.69, 9.17) is 4.74 Å². The zero-order valence-corrected chi connectivity index (χ0v) is 17.0. The summed E-state index contributed by atoms with van der Waals surface area (Å²) in [4.78, 5) is 14.6. The number of carbonyl (C=O) groups is 1. The molecule has 2 heterocycles. The SMILES string of the molecule is CC[C@@]1(O)CC[C@@]2(CO1)[C@@H]1CCC3=C4C(C[C@@H]3O)[C@H](C(=O)O)C[C@@]42CN(C)C1. The summed E-state index contributed by atoms with van der Waals surface area (Å²) in [7, 11) is 2.15. The average Bonchev–Trinajstić information content (AvgIpc) is 3.12. The molecule has 3 N–H and O–H groups in total. The lowest BCUT2D eigenvalue weighted by molar-refractivity contribution is -0.284. The third-order valence-electron chi connectivity index (χ3n) is 9.16. The summed E-state index contributed by atoms with van der Waals surface area (Å²) in [6.45, 7) is 4.28. The standard InChI is InChI=1S/C22H33NO5/c1-3-22(27)7-6-20(12-28-22)13-4-5-14-17(24)8-15-16(19(25)26)9-21(20,18(14)15)11-23(2)10-13/h13,15-17,24,27H,3-12H2,1-2H3,(H,25,26)/t13-,15?,16-,17+,20-,21-,22+/m1/s1. The van der Waals surface area contributed by atoms with Crippen LogP contribution in [0.2, 0.25) is 0 Å². The Morgan fingerprint density at radius 3 is 2.79 bits per heavy atom. The minimum Gasteiger partial charge on any atom is -0.481 e. The molecule has 0 radical (unpaired) electrons. The van der Waals surface area contributed by atoms with Crippen molar-refractivity contribution in [1.29, 1.82) is 0 Å². The number of carboxylic acids is 1. The van der Waals surface area contributed by atoms with E-state index in [-0.39, 0.29) is 16.7 Å². The molecule has 0 aromatic rings. The molecule has 3 aliphatic carbocycles. The molecule has 0 amide bonds. The number of aliphatic hydroxyl groups excluding tert-OH is 1. The van der Waals surface area contributed by atoms with Crippen LogP contribution in [0.15, 0.2) is 11.1 Å². The predicted molar refractivity (Wildman–Crippen MR) is 102 cm³/mol. The maximum atomic E-state index is 12.2. The lowest BCUT2D eigenvalue weighted by Crippen LogP contribution is -2.64. The van der Waals surface area contributed by atoms with Crippen molar-refractivity contribution in [2.45, 2.75) is 63.8 Å². The number of nitrogens with zero attached hydrogens (tertiary/aromatic N) is 1. The fraction of sp³-hybridized carbons (Fsp3) is 0.864. The zero-order chi connectivity index (χ0) is 19.9. The number of likely N-dealkylation sites (tertiary alicyclic amines) is 1. The van der Waals surface area contributed by atoms with Crippen LogP contribution in [0, 0.1) is 28.6 Å². The van der Waals surface area contributed by atoms with Crippen LogP contribution < -0.4 is 0 Å². The quantitative estimate of drug-likeness (QED) is 0.624. The van der Waals surface area contributed by atoms with Gasteiger partial charge in [-0.1, -0.05) is 12.5 Å². The molecule has 6 nitrogen and oxygen atoms in total. The first-order chi connectivity index (χ1) is 13.3. The molecule has 0 aromatic heterocycles. The molecule has 2 aliphatic heterocycles. The lowest BCUT2D eigenvalue weighted by atomic mass is 9.50. The zero-order valence-electron chi connectivity index (χ0n) is 17.0. The van der Waals surface area contributed by atoms with Gasteiger partial charge in [-0.3, -0.25) is 4.79 Å². The van der Waals surface area contributed by atoms with E-state index in [1.54, 1.807) is 0 Å². The molecule has 0 aromatic carbocycles. The van der Waals surface area contributed by atoms with Gasteiger partial charge < -0.3 is 25.0 Å². The summed E-state index contributed by atoms with van der Waals surface area (Å²) in [6.07, 6.45) is 4.67. The van der Waals surface area contributed by atoms with E-state index in [0.717, 1.165) is 37.9 Å². The number of hydrogen-bond donors (Lipinski definition) is 3. The third-order valence-corrected chi connectivity index (χ3v) is 9.16. The van der Waals surface area contributed by atoms with Crippen molar-refractivity contribution in [3.05, 3.63) is 11.1 Å². The Hall–Kier alpha value is -0.950. The lowest BCUT2D eigenvalue weighted by Gasteiger charge is -2.61. The topological polar surface area (TPSA) is 90.2 Å². The van der Waals surface area contributed by atoms with Gasteiger partial charge in [-0.25, -0.2) is 0 Å². The number of rotatable bonds is 2. The van der Waals surface area contributed by atoms with Crippen LogP contribution in [-0.2, 0) is 9.53 Å². The average molecular weight is 392 g/mol. The number of ether oxygens (including phenoxy) is 1. The van der Waals surface area contributed by atoms with Crippen molar-refractivity contribution in [3.63, 3.8) is 0 Å². The Morgan fingerprint density at radius 1 is 1.36 bits per heavy atom. The molecule has 5 aliphatic rings. The van der Waals surface area contributed by atoms with Gasteiger partial charge in [-0.2, -0.15) is 0 Å². The highest BCUT2D eigenvalue weighted by Gasteiger charge is 2.70. The molecule has 2 saturated heterocycles. The smallest absolute Gasteiger partial charge is 0.307 e. The molecule has 1 saturated carbocycles. The minimum absolute atomic E-state index is 0.0448. The van der Waals surface area contributed by atoms with Crippen molar-refractivity contribution in [3.8, 4) is 0 Å². The molecule has 2 spiro atoms. The Morgan fingerprint density at radius 2 is 2.14 bits per heavy atom. The summed E-state index contributed by atoms with van der Waals surface area (Å²) in [5.41, 5.74) is 2.02. The third kappa shape index (κ3) is 2.26. The predicted octanol–water partition coefficient (Wildman–Crippen LogP) is 2.01. The summed E-state index contributed by atoms with van der Waals surface area (Å²) >= 11 is 0. The van der Waals surface area contributed by atoms with Crippen molar-refractivity contribution in [2.24, 2.45) is 28.6 Å². The summed E-state index contributed by atoms with van der Waals surface area (Å²) in [6, 6.07) is 0. The molecule has 1 unspecified atom stereocenters. The first kappa shape index (κ1) is 19.0. The van der Waals surface area contributed by atoms with Gasteiger partial charge >= 0.3 is 5.97 Å². The second kappa shape index (κ2) is 6.03. The Labute approximate surface area is 166 Å². The van der Waals surface area contributed by atoms with Crippen molar-refractivity contribution >= 4 is 5.97 Å². The fourth-order valence-electron chi connectivity index (χ4n) is 7.88. The van der Waals surface area contributed by atoms with Crippen LogP contribution in [0.25, 0.3) is 0 Å². The Balaban J connectivity index is 1.67. The van der Waals surface area contributed by atoms with E-state index in [1.807, 2.05) is 6.92 Å². The maximum Gasteiger partial charge on any atom is 0.307 e. The fourth-order valence-corrected chi connectivity index (χ4v) is 7.88. The van der Waals surface area contributed by atoms with Crippen LogP contribution in [0.4, 0.5) is 0 Å². The van der Waals surface area contributed by atoms with E-state index in [9.17, 15) is 20.1 Å². The molecule has 2 bridgehead atoms.